The van der Waals surface area contributed by atoms with Crippen LogP contribution >= 0.6 is 11.6 Å². The molecular formula is C7H16ClNO4S2. The molecule has 0 aliphatic rings. The van der Waals surface area contributed by atoms with E-state index in [0.717, 1.165) is 10.6 Å². The summed E-state index contributed by atoms with van der Waals surface area (Å²) in [6, 6.07) is 0. The summed E-state index contributed by atoms with van der Waals surface area (Å²) in [6.07, 6.45) is 1.07. The highest BCUT2D eigenvalue weighted by Crippen LogP contribution is 2.08. The summed E-state index contributed by atoms with van der Waals surface area (Å²) < 4.78 is 46.0. The summed E-state index contributed by atoms with van der Waals surface area (Å²) in [4.78, 5) is 0. The van der Waals surface area contributed by atoms with Crippen LogP contribution < -0.4 is 0 Å². The lowest BCUT2D eigenvalue weighted by molar-refractivity contribution is 0.477. The number of sulfone groups is 1. The van der Waals surface area contributed by atoms with Gasteiger partial charge >= 0.3 is 0 Å². The number of hydrogen-bond acceptors (Lipinski definition) is 4. The second-order valence-corrected chi connectivity index (χ2v) is 8.49. The van der Waals surface area contributed by atoms with E-state index in [1.165, 1.54) is 14.0 Å². The Bertz CT molecular complexity index is 389. The fraction of sp³-hybridized carbons (Fsp3) is 1.00. The van der Waals surface area contributed by atoms with Crippen LogP contribution in [0.3, 0.4) is 0 Å². The van der Waals surface area contributed by atoms with Crippen molar-refractivity contribution in [3.05, 3.63) is 0 Å². The number of alkyl halides is 1. The van der Waals surface area contributed by atoms with Gasteiger partial charge in [-0.2, -0.15) is 0 Å². The molecule has 0 fully saturated rings. The maximum atomic E-state index is 11.6. The lowest BCUT2D eigenvalue weighted by Gasteiger charge is -2.20. The molecule has 0 saturated carbocycles. The molecule has 0 radical (unpaired) electrons. The topological polar surface area (TPSA) is 71.5 Å². The molecule has 1 unspecified atom stereocenters. The molecule has 0 aliphatic carbocycles. The van der Waals surface area contributed by atoms with Gasteiger partial charge in [0.2, 0.25) is 10.0 Å². The van der Waals surface area contributed by atoms with Crippen LogP contribution in [0.25, 0.3) is 0 Å². The molecule has 0 aromatic carbocycles. The normalized spacial score (nSPS) is 15.5. The number of rotatable bonds is 6. The molecule has 0 amide bonds. The Morgan fingerprint density at radius 2 is 1.73 bits per heavy atom. The lowest BCUT2D eigenvalue weighted by atomic mass is 10.6. The molecule has 15 heavy (non-hydrogen) atoms. The van der Waals surface area contributed by atoms with E-state index in [2.05, 4.69) is 0 Å². The van der Waals surface area contributed by atoms with Crippen LogP contribution in [0.2, 0.25) is 0 Å². The molecule has 0 aliphatic heterocycles. The van der Waals surface area contributed by atoms with Crippen molar-refractivity contribution in [2.24, 2.45) is 0 Å². The molecule has 0 rings (SSSR count). The van der Waals surface area contributed by atoms with Gasteiger partial charge in [0.25, 0.3) is 0 Å². The summed E-state index contributed by atoms with van der Waals surface area (Å²) in [5.41, 5.74) is 0. The van der Waals surface area contributed by atoms with Crippen molar-refractivity contribution in [1.82, 2.24) is 4.31 Å². The van der Waals surface area contributed by atoms with Crippen molar-refractivity contribution in [1.29, 1.82) is 0 Å². The van der Waals surface area contributed by atoms with Crippen LogP contribution in [0.15, 0.2) is 0 Å². The first-order chi connectivity index (χ1) is 6.61. The lowest BCUT2D eigenvalue weighted by Crippen LogP contribution is -2.38. The molecule has 5 nitrogen and oxygen atoms in total. The highest BCUT2D eigenvalue weighted by Gasteiger charge is 2.25. The van der Waals surface area contributed by atoms with E-state index < -0.39 is 25.1 Å². The largest absolute Gasteiger partial charge is 0.229 e. The highest BCUT2D eigenvalue weighted by molar-refractivity contribution is 7.91. The van der Waals surface area contributed by atoms with Crippen molar-refractivity contribution >= 4 is 31.5 Å². The average molecular weight is 278 g/mol. The Labute approximate surface area is 96.4 Å². The predicted octanol–water partition coefficient (Wildman–Crippen LogP) is -0.0801. The van der Waals surface area contributed by atoms with Crippen LogP contribution in [0.5, 0.6) is 0 Å². The van der Waals surface area contributed by atoms with Gasteiger partial charge in [-0.05, 0) is 6.92 Å². The molecule has 8 heteroatoms. The van der Waals surface area contributed by atoms with E-state index in [1.807, 2.05) is 0 Å². The van der Waals surface area contributed by atoms with Crippen LogP contribution in [-0.4, -0.2) is 57.9 Å². The molecule has 0 aromatic heterocycles. The third kappa shape index (κ3) is 5.14. The zero-order valence-corrected chi connectivity index (χ0v) is 11.4. The van der Waals surface area contributed by atoms with Crippen LogP contribution in [0.1, 0.15) is 6.92 Å². The first-order valence-corrected chi connectivity index (χ1v) is 8.40. The minimum atomic E-state index is -3.47. The molecular weight excluding hydrogens is 262 g/mol. The number of nitrogens with zero attached hydrogens (tertiary/aromatic N) is 1. The van der Waals surface area contributed by atoms with Crippen LogP contribution in [0.4, 0.5) is 0 Å². The van der Waals surface area contributed by atoms with Gasteiger partial charge in [-0.3, -0.25) is 0 Å². The fourth-order valence-corrected chi connectivity index (χ4v) is 3.13. The molecule has 0 spiro atoms. The minimum Gasteiger partial charge on any atom is -0.229 e. The average Bonchev–Trinajstić information content (AvgIpc) is 2.11. The van der Waals surface area contributed by atoms with Gasteiger partial charge < -0.3 is 0 Å². The zero-order chi connectivity index (χ0) is 12.3. The number of hydrogen-bond donors (Lipinski definition) is 0. The second-order valence-electron chi connectivity index (χ2n) is 3.46. The number of halogens is 1. The second kappa shape index (κ2) is 5.47. The Balaban J connectivity index is 4.53. The van der Waals surface area contributed by atoms with Gasteiger partial charge in [0.15, 0.2) is 0 Å². The zero-order valence-electron chi connectivity index (χ0n) is 8.97. The third-order valence-corrected chi connectivity index (χ3v) is 5.74. The van der Waals surface area contributed by atoms with Gasteiger partial charge in [-0.1, -0.05) is 0 Å². The van der Waals surface area contributed by atoms with Crippen molar-refractivity contribution in [2.45, 2.75) is 12.2 Å². The maximum absolute atomic E-state index is 11.6. The minimum absolute atomic E-state index is 0.00838. The molecule has 92 valence electrons. The molecule has 0 N–H and O–H groups in total. The first-order valence-electron chi connectivity index (χ1n) is 4.30. The molecule has 0 heterocycles. The van der Waals surface area contributed by atoms with E-state index >= 15 is 0 Å². The molecule has 0 saturated heterocycles. The first kappa shape index (κ1) is 15.2. The van der Waals surface area contributed by atoms with Crippen LogP contribution in [-0.2, 0) is 19.9 Å². The molecule has 0 aromatic rings. The summed E-state index contributed by atoms with van der Waals surface area (Å²) in [6.45, 7) is 1.45. The van der Waals surface area contributed by atoms with Crippen molar-refractivity contribution in [2.75, 3.05) is 31.5 Å². The van der Waals surface area contributed by atoms with Gasteiger partial charge in [0.05, 0.1) is 11.0 Å². The van der Waals surface area contributed by atoms with Crippen molar-refractivity contribution in [3.63, 3.8) is 0 Å². The van der Waals surface area contributed by atoms with E-state index in [-0.39, 0.29) is 18.2 Å². The summed E-state index contributed by atoms with van der Waals surface area (Å²) >= 11 is 5.45. The van der Waals surface area contributed by atoms with Gasteiger partial charge in [0.1, 0.15) is 9.84 Å². The summed E-state index contributed by atoms with van der Waals surface area (Å²) in [5.74, 6) is -0.191. The van der Waals surface area contributed by atoms with Gasteiger partial charge in [-0.25, -0.2) is 21.1 Å². The summed E-state index contributed by atoms with van der Waals surface area (Å²) in [5, 5.41) is -0.705. The maximum Gasteiger partial charge on any atom is 0.217 e. The fourth-order valence-electron chi connectivity index (χ4n) is 0.808. The third-order valence-electron chi connectivity index (χ3n) is 1.94. The number of sulfonamides is 1. The van der Waals surface area contributed by atoms with Gasteiger partial charge in [-0.15, -0.1) is 11.6 Å². The van der Waals surface area contributed by atoms with Crippen molar-refractivity contribution in [3.8, 4) is 0 Å². The van der Waals surface area contributed by atoms with E-state index in [0.29, 0.717) is 0 Å². The monoisotopic (exact) mass is 277 g/mol. The van der Waals surface area contributed by atoms with Crippen LogP contribution in [0, 0.1) is 0 Å². The SMILES string of the molecule is CC(CCl)S(=O)(=O)N(C)CCS(C)(=O)=O. The summed E-state index contributed by atoms with van der Waals surface area (Å²) in [7, 11) is -5.27. The van der Waals surface area contributed by atoms with Gasteiger partial charge in [0, 0.05) is 25.7 Å². The highest BCUT2D eigenvalue weighted by atomic mass is 35.5. The Morgan fingerprint density at radius 1 is 1.27 bits per heavy atom. The van der Waals surface area contributed by atoms with Crippen molar-refractivity contribution < 1.29 is 16.8 Å². The van der Waals surface area contributed by atoms with E-state index in [1.54, 1.807) is 0 Å². The van der Waals surface area contributed by atoms with E-state index in [4.69, 9.17) is 11.6 Å². The Morgan fingerprint density at radius 3 is 2.07 bits per heavy atom. The molecule has 1 atom stereocenters. The Hall–Kier alpha value is 0.150. The standard InChI is InChI=1S/C7H16ClNO4S2/c1-7(6-8)15(12,13)9(2)4-5-14(3,10)11/h7H,4-6H2,1-3H3. The van der Waals surface area contributed by atoms with E-state index in [9.17, 15) is 16.8 Å². The quantitative estimate of drug-likeness (QED) is 0.637. The smallest absolute Gasteiger partial charge is 0.217 e. The predicted molar refractivity (Wildman–Crippen MR) is 61.4 cm³/mol. The Kier molecular flexibility index (Phi) is 5.52. The molecule has 0 bridgehead atoms.